The normalized spacial score (nSPS) is 10.7. The summed E-state index contributed by atoms with van der Waals surface area (Å²) in [6.45, 7) is 4.08. The van der Waals surface area contributed by atoms with Gasteiger partial charge in [0, 0.05) is 19.2 Å². The number of aliphatic hydroxyl groups is 1. The second-order valence-electron chi connectivity index (χ2n) is 4.14. The van der Waals surface area contributed by atoms with E-state index >= 15 is 0 Å². The minimum Gasteiger partial charge on any atom is -0.475 e. The molecule has 6 heteroatoms. The van der Waals surface area contributed by atoms with Crippen molar-refractivity contribution in [1.82, 2.24) is 4.90 Å². The van der Waals surface area contributed by atoms with Crippen LogP contribution in [0.15, 0.2) is 16.5 Å². The van der Waals surface area contributed by atoms with Gasteiger partial charge in [-0.2, -0.15) is 0 Å². The maximum absolute atomic E-state index is 12.1. The molecule has 0 spiro atoms. The molecule has 1 amide bonds. The third-order valence-electron chi connectivity index (χ3n) is 2.47. The second-order valence-corrected chi connectivity index (χ2v) is 4.14. The molecule has 100 valence electrons. The second kappa shape index (κ2) is 6.20. The van der Waals surface area contributed by atoms with Gasteiger partial charge < -0.3 is 19.5 Å². The first-order chi connectivity index (χ1) is 8.47. The first kappa shape index (κ1) is 14.2. The molecule has 6 nitrogen and oxygen atoms in total. The first-order valence-corrected chi connectivity index (χ1v) is 5.72. The van der Waals surface area contributed by atoms with Crippen LogP contribution in [0.3, 0.4) is 0 Å². The van der Waals surface area contributed by atoms with Crippen molar-refractivity contribution in [1.29, 1.82) is 0 Å². The van der Waals surface area contributed by atoms with Crippen LogP contribution in [0.25, 0.3) is 0 Å². The molecular formula is C12H17NO5. The topological polar surface area (TPSA) is 91.0 Å². The Bertz CT molecular complexity index is 424. The third-order valence-corrected chi connectivity index (χ3v) is 2.47. The molecule has 0 unspecified atom stereocenters. The van der Waals surface area contributed by atoms with Gasteiger partial charge in [0.05, 0.1) is 0 Å². The lowest BCUT2D eigenvalue weighted by Gasteiger charge is -2.25. The van der Waals surface area contributed by atoms with Gasteiger partial charge in [-0.3, -0.25) is 4.79 Å². The van der Waals surface area contributed by atoms with E-state index in [0.29, 0.717) is 13.0 Å². The fourth-order valence-electron chi connectivity index (χ4n) is 1.54. The summed E-state index contributed by atoms with van der Waals surface area (Å²) in [5, 5.41) is 17.5. The molecule has 0 saturated heterocycles. The van der Waals surface area contributed by atoms with Crippen molar-refractivity contribution in [2.24, 2.45) is 0 Å². The summed E-state index contributed by atoms with van der Waals surface area (Å²) in [5.41, 5.74) is 0. The zero-order valence-electron chi connectivity index (χ0n) is 10.4. The van der Waals surface area contributed by atoms with Gasteiger partial charge in [0.1, 0.15) is 0 Å². The lowest BCUT2D eigenvalue weighted by molar-refractivity contribution is 0.0631. The molecule has 2 N–H and O–H groups in total. The number of carboxylic acid groups (broad SMARTS) is 1. The number of carbonyl (C=O) groups excluding carboxylic acids is 1. The molecule has 0 radical (unpaired) electrons. The minimum absolute atomic E-state index is 0.000889. The van der Waals surface area contributed by atoms with E-state index < -0.39 is 5.97 Å². The molecule has 0 aliphatic carbocycles. The Morgan fingerprint density at radius 3 is 2.39 bits per heavy atom. The Morgan fingerprint density at radius 1 is 1.33 bits per heavy atom. The van der Waals surface area contributed by atoms with Crippen LogP contribution in [0.5, 0.6) is 0 Å². The van der Waals surface area contributed by atoms with Crippen LogP contribution in [0.2, 0.25) is 0 Å². The molecular weight excluding hydrogens is 238 g/mol. The van der Waals surface area contributed by atoms with Crippen LogP contribution in [-0.4, -0.2) is 46.2 Å². The highest BCUT2D eigenvalue weighted by molar-refractivity contribution is 5.93. The van der Waals surface area contributed by atoms with E-state index in [2.05, 4.69) is 0 Å². The Hall–Kier alpha value is -1.82. The summed E-state index contributed by atoms with van der Waals surface area (Å²) in [4.78, 5) is 24.3. The zero-order chi connectivity index (χ0) is 13.7. The Labute approximate surface area is 105 Å². The monoisotopic (exact) mass is 255 g/mol. The van der Waals surface area contributed by atoms with Gasteiger partial charge in [0.25, 0.3) is 5.91 Å². The molecule has 0 aliphatic rings. The number of carboxylic acids is 1. The van der Waals surface area contributed by atoms with Crippen LogP contribution in [0, 0.1) is 0 Å². The number of rotatable bonds is 6. The Kier molecular flexibility index (Phi) is 4.91. The molecule has 0 fully saturated rings. The lowest BCUT2D eigenvalue weighted by atomic mass is 10.2. The van der Waals surface area contributed by atoms with Crippen LogP contribution >= 0.6 is 0 Å². The van der Waals surface area contributed by atoms with Crippen LogP contribution in [0.1, 0.15) is 41.4 Å². The molecule has 18 heavy (non-hydrogen) atoms. The van der Waals surface area contributed by atoms with Gasteiger partial charge >= 0.3 is 5.97 Å². The third kappa shape index (κ3) is 3.33. The number of amides is 1. The summed E-state index contributed by atoms with van der Waals surface area (Å²) >= 11 is 0. The molecule has 1 aromatic rings. The first-order valence-electron chi connectivity index (χ1n) is 5.72. The number of aliphatic hydroxyl groups excluding tert-OH is 1. The Balaban J connectivity index is 2.84. The lowest BCUT2D eigenvalue weighted by Crippen LogP contribution is -2.37. The highest BCUT2D eigenvalue weighted by atomic mass is 16.4. The van der Waals surface area contributed by atoms with Gasteiger partial charge in [-0.15, -0.1) is 0 Å². The van der Waals surface area contributed by atoms with Gasteiger partial charge in [0.2, 0.25) is 5.76 Å². The van der Waals surface area contributed by atoms with Gasteiger partial charge in [0.15, 0.2) is 5.76 Å². The molecule has 0 aliphatic heterocycles. The summed E-state index contributed by atoms with van der Waals surface area (Å²) in [6.07, 6.45) is 0.469. The van der Waals surface area contributed by atoms with Crippen LogP contribution in [-0.2, 0) is 0 Å². The van der Waals surface area contributed by atoms with Crippen molar-refractivity contribution in [2.45, 2.75) is 26.3 Å². The standard InChI is InChI=1S/C12H17NO5/c1-8(2)13(6-3-7-14)11(15)9-4-5-10(18-9)12(16)17/h4-5,8,14H,3,6-7H2,1-2H3,(H,16,17). The Morgan fingerprint density at radius 2 is 1.94 bits per heavy atom. The van der Waals surface area contributed by atoms with E-state index in [0.717, 1.165) is 0 Å². The summed E-state index contributed by atoms with van der Waals surface area (Å²) < 4.78 is 4.96. The minimum atomic E-state index is -1.21. The van der Waals surface area contributed by atoms with Crippen molar-refractivity contribution in [3.63, 3.8) is 0 Å². The van der Waals surface area contributed by atoms with Crippen molar-refractivity contribution in [3.8, 4) is 0 Å². The number of hydrogen-bond acceptors (Lipinski definition) is 4. The van der Waals surface area contributed by atoms with E-state index in [1.54, 1.807) is 0 Å². The number of hydrogen-bond donors (Lipinski definition) is 2. The largest absolute Gasteiger partial charge is 0.475 e. The summed E-state index contributed by atoms with van der Waals surface area (Å²) in [6, 6.07) is 2.54. The molecule has 0 bridgehead atoms. The average Bonchev–Trinajstić information content (AvgIpc) is 2.78. The van der Waals surface area contributed by atoms with Gasteiger partial charge in [-0.05, 0) is 32.4 Å². The summed E-state index contributed by atoms with van der Waals surface area (Å²) in [5.74, 6) is -1.84. The molecule has 0 saturated carbocycles. The fourth-order valence-corrected chi connectivity index (χ4v) is 1.54. The van der Waals surface area contributed by atoms with E-state index in [9.17, 15) is 9.59 Å². The SMILES string of the molecule is CC(C)N(CCCO)C(=O)c1ccc(C(=O)O)o1. The number of nitrogens with zero attached hydrogens (tertiary/aromatic N) is 1. The molecule has 1 heterocycles. The predicted octanol–water partition coefficient (Wildman–Crippen LogP) is 1.21. The van der Waals surface area contributed by atoms with Crippen LogP contribution in [0.4, 0.5) is 0 Å². The highest BCUT2D eigenvalue weighted by Crippen LogP contribution is 2.13. The van der Waals surface area contributed by atoms with Gasteiger partial charge in [-0.1, -0.05) is 0 Å². The number of furan rings is 1. The zero-order valence-corrected chi connectivity index (χ0v) is 10.4. The fraction of sp³-hybridized carbons (Fsp3) is 0.500. The van der Waals surface area contributed by atoms with Crippen molar-refractivity contribution in [2.75, 3.05) is 13.2 Å². The van der Waals surface area contributed by atoms with Crippen molar-refractivity contribution >= 4 is 11.9 Å². The van der Waals surface area contributed by atoms with Gasteiger partial charge in [-0.25, -0.2) is 4.79 Å². The maximum atomic E-state index is 12.1. The van der Waals surface area contributed by atoms with E-state index in [1.165, 1.54) is 17.0 Å². The smallest absolute Gasteiger partial charge is 0.371 e. The molecule has 1 rings (SSSR count). The van der Waals surface area contributed by atoms with E-state index in [4.69, 9.17) is 14.6 Å². The number of carbonyl (C=O) groups is 2. The quantitative estimate of drug-likeness (QED) is 0.797. The maximum Gasteiger partial charge on any atom is 0.371 e. The van der Waals surface area contributed by atoms with E-state index in [1.807, 2.05) is 13.8 Å². The molecule has 0 atom stereocenters. The van der Waals surface area contributed by atoms with Crippen molar-refractivity contribution < 1.29 is 24.2 Å². The summed E-state index contributed by atoms with van der Waals surface area (Å²) in [7, 11) is 0. The van der Waals surface area contributed by atoms with Crippen molar-refractivity contribution in [3.05, 3.63) is 23.7 Å². The molecule has 1 aromatic heterocycles. The van der Waals surface area contributed by atoms with Crippen LogP contribution < -0.4 is 0 Å². The number of aromatic carboxylic acids is 1. The molecule has 0 aromatic carbocycles. The highest BCUT2D eigenvalue weighted by Gasteiger charge is 2.22. The average molecular weight is 255 g/mol. The predicted molar refractivity (Wildman–Crippen MR) is 63.5 cm³/mol. The van der Waals surface area contributed by atoms with E-state index in [-0.39, 0.29) is 30.1 Å².